The molecule has 0 aliphatic carbocycles. The Bertz CT molecular complexity index is 893. The maximum absolute atomic E-state index is 11.7. The molecule has 3 rings (SSSR count). The second-order valence-corrected chi connectivity index (χ2v) is 4.86. The summed E-state index contributed by atoms with van der Waals surface area (Å²) < 4.78 is 16.1. The van der Waals surface area contributed by atoms with Gasteiger partial charge in [-0.3, -0.25) is 0 Å². The molecule has 0 radical (unpaired) electrons. The largest absolute Gasteiger partial charge is 0.508 e. The van der Waals surface area contributed by atoms with Crippen LogP contribution >= 0.6 is 0 Å². The highest BCUT2D eigenvalue weighted by Gasteiger charge is 2.24. The molecule has 23 heavy (non-hydrogen) atoms. The van der Waals surface area contributed by atoms with Gasteiger partial charge in [-0.15, -0.1) is 0 Å². The van der Waals surface area contributed by atoms with Gasteiger partial charge in [0.05, 0.1) is 19.8 Å². The Morgan fingerprint density at radius 2 is 1.87 bits per heavy atom. The Hall–Kier alpha value is -3.15. The first-order valence-corrected chi connectivity index (χ1v) is 6.76. The predicted molar refractivity (Wildman–Crippen MR) is 83.4 cm³/mol. The maximum atomic E-state index is 11.7. The molecule has 1 aromatic heterocycles. The van der Waals surface area contributed by atoms with Crippen molar-refractivity contribution in [1.29, 1.82) is 0 Å². The summed E-state index contributed by atoms with van der Waals surface area (Å²) in [5.74, 6) is -0.0529. The van der Waals surface area contributed by atoms with E-state index in [4.69, 9.17) is 13.9 Å². The van der Waals surface area contributed by atoms with Gasteiger partial charge in [0.15, 0.2) is 5.76 Å². The van der Waals surface area contributed by atoms with E-state index in [1.165, 1.54) is 26.4 Å². The number of carboxylic acids is 1. The van der Waals surface area contributed by atoms with E-state index >= 15 is 0 Å². The second-order valence-electron chi connectivity index (χ2n) is 4.86. The van der Waals surface area contributed by atoms with Crippen molar-refractivity contribution in [2.75, 3.05) is 14.2 Å². The lowest BCUT2D eigenvalue weighted by molar-refractivity contribution is 0.0699. The van der Waals surface area contributed by atoms with E-state index in [0.29, 0.717) is 28.0 Å². The SMILES string of the molecule is COc1ccc2c(C(=O)O)c(-c3ccc(O)cc3OC)oc2c1. The first kappa shape index (κ1) is 14.8. The highest BCUT2D eigenvalue weighted by molar-refractivity contribution is 6.08. The number of methoxy groups -OCH3 is 2. The monoisotopic (exact) mass is 314 g/mol. The van der Waals surface area contributed by atoms with E-state index in [0.717, 1.165) is 0 Å². The Labute approximate surface area is 131 Å². The van der Waals surface area contributed by atoms with Crippen LogP contribution in [0.4, 0.5) is 0 Å². The molecule has 3 aromatic rings. The van der Waals surface area contributed by atoms with E-state index in [9.17, 15) is 15.0 Å². The van der Waals surface area contributed by atoms with Crippen LogP contribution in [0.25, 0.3) is 22.3 Å². The molecule has 2 aromatic carbocycles. The van der Waals surface area contributed by atoms with Crippen molar-refractivity contribution >= 4 is 16.9 Å². The Morgan fingerprint density at radius 3 is 2.52 bits per heavy atom. The zero-order valence-electron chi connectivity index (χ0n) is 12.5. The lowest BCUT2D eigenvalue weighted by Crippen LogP contribution is -1.98. The molecule has 0 saturated heterocycles. The van der Waals surface area contributed by atoms with Crippen molar-refractivity contribution in [3.05, 3.63) is 42.0 Å². The van der Waals surface area contributed by atoms with Gasteiger partial charge in [-0.2, -0.15) is 0 Å². The fourth-order valence-electron chi connectivity index (χ4n) is 2.47. The second kappa shape index (κ2) is 5.57. The number of rotatable bonds is 4. The normalized spacial score (nSPS) is 10.7. The average Bonchev–Trinajstić information content (AvgIpc) is 2.92. The van der Waals surface area contributed by atoms with Crippen LogP contribution < -0.4 is 9.47 Å². The van der Waals surface area contributed by atoms with E-state index in [-0.39, 0.29) is 17.1 Å². The summed E-state index contributed by atoms with van der Waals surface area (Å²) in [4.78, 5) is 11.7. The number of furan rings is 1. The van der Waals surface area contributed by atoms with E-state index < -0.39 is 5.97 Å². The number of phenolic OH excluding ortho intramolecular Hbond substituents is 1. The number of hydrogen-bond donors (Lipinski definition) is 2. The molecule has 0 aliphatic heterocycles. The van der Waals surface area contributed by atoms with Gasteiger partial charge in [0, 0.05) is 17.5 Å². The van der Waals surface area contributed by atoms with E-state index in [1.54, 1.807) is 24.3 Å². The van der Waals surface area contributed by atoms with Crippen LogP contribution in [-0.2, 0) is 0 Å². The molecule has 0 saturated carbocycles. The van der Waals surface area contributed by atoms with Crippen LogP contribution in [0, 0.1) is 0 Å². The first-order valence-electron chi connectivity index (χ1n) is 6.76. The number of benzene rings is 2. The molecule has 2 N–H and O–H groups in total. The summed E-state index contributed by atoms with van der Waals surface area (Å²) in [6.45, 7) is 0. The number of aromatic carboxylic acids is 1. The van der Waals surface area contributed by atoms with Crippen LogP contribution in [-0.4, -0.2) is 30.4 Å². The molecule has 0 bridgehead atoms. The van der Waals surface area contributed by atoms with Crippen molar-refractivity contribution in [2.45, 2.75) is 0 Å². The Morgan fingerprint density at radius 1 is 1.09 bits per heavy atom. The minimum Gasteiger partial charge on any atom is -0.508 e. The van der Waals surface area contributed by atoms with Gasteiger partial charge in [-0.1, -0.05) is 0 Å². The third-order valence-corrected chi connectivity index (χ3v) is 3.54. The molecule has 0 amide bonds. The summed E-state index contributed by atoms with van der Waals surface area (Å²) in [5.41, 5.74) is 0.872. The van der Waals surface area contributed by atoms with Crippen LogP contribution in [0.5, 0.6) is 17.2 Å². The molecule has 118 valence electrons. The Kier molecular flexibility index (Phi) is 3.57. The minimum absolute atomic E-state index is 0.0141. The standard InChI is InChI=1S/C17H14O6/c1-21-10-4-6-11-14(8-10)23-16(15(11)17(19)20)12-5-3-9(18)7-13(12)22-2/h3-8,18H,1-2H3,(H,19,20). The van der Waals surface area contributed by atoms with Crippen molar-refractivity contribution < 1.29 is 28.9 Å². The smallest absolute Gasteiger partial charge is 0.340 e. The van der Waals surface area contributed by atoms with Gasteiger partial charge >= 0.3 is 5.97 Å². The minimum atomic E-state index is -1.11. The summed E-state index contributed by atoms with van der Waals surface area (Å²) in [6.07, 6.45) is 0. The molecule has 1 heterocycles. The maximum Gasteiger partial charge on any atom is 0.340 e. The number of aromatic hydroxyl groups is 1. The summed E-state index contributed by atoms with van der Waals surface area (Å²) in [6, 6.07) is 9.32. The summed E-state index contributed by atoms with van der Waals surface area (Å²) in [7, 11) is 2.95. The Balaban J connectivity index is 2.32. The van der Waals surface area contributed by atoms with Crippen LogP contribution in [0.3, 0.4) is 0 Å². The molecule has 6 heteroatoms. The molecule has 6 nitrogen and oxygen atoms in total. The van der Waals surface area contributed by atoms with Gasteiger partial charge in [-0.05, 0) is 24.3 Å². The van der Waals surface area contributed by atoms with Gasteiger partial charge in [0.1, 0.15) is 28.4 Å². The third-order valence-electron chi connectivity index (χ3n) is 3.54. The topological polar surface area (TPSA) is 89.1 Å². The van der Waals surface area contributed by atoms with Crippen LogP contribution in [0.2, 0.25) is 0 Å². The lowest BCUT2D eigenvalue weighted by Gasteiger charge is -2.07. The molecule has 0 atom stereocenters. The van der Waals surface area contributed by atoms with Crippen LogP contribution in [0.1, 0.15) is 10.4 Å². The average molecular weight is 314 g/mol. The van der Waals surface area contributed by atoms with Crippen molar-refractivity contribution in [2.24, 2.45) is 0 Å². The molecule has 0 fully saturated rings. The molecule has 0 aliphatic rings. The molecule has 0 spiro atoms. The molecular weight excluding hydrogens is 300 g/mol. The molecule has 0 unspecified atom stereocenters. The van der Waals surface area contributed by atoms with Gasteiger partial charge in [-0.25, -0.2) is 4.79 Å². The van der Waals surface area contributed by atoms with E-state index in [1.807, 2.05) is 0 Å². The number of hydrogen-bond acceptors (Lipinski definition) is 5. The van der Waals surface area contributed by atoms with E-state index in [2.05, 4.69) is 0 Å². The third kappa shape index (κ3) is 2.44. The number of ether oxygens (including phenoxy) is 2. The summed E-state index contributed by atoms with van der Waals surface area (Å²) in [5, 5.41) is 19.6. The first-order chi connectivity index (χ1) is 11.0. The summed E-state index contributed by atoms with van der Waals surface area (Å²) >= 11 is 0. The number of fused-ring (bicyclic) bond motifs is 1. The molecular formula is C17H14O6. The number of carbonyl (C=O) groups is 1. The number of carboxylic acid groups (broad SMARTS) is 1. The predicted octanol–water partition coefficient (Wildman–Crippen LogP) is 3.52. The number of phenols is 1. The zero-order valence-corrected chi connectivity index (χ0v) is 12.5. The van der Waals surface area contributed by atoms with Gasteiger partial charge < -0.3 is 24.1 Å². The van der Waals surface area contributed by atoms with Crippen LogP contribution in [0.15, 0.2) is 40.8 Å². The zero-order chi connectivity index (χ0) is 16.6. The fraction of sp³-hybridized carbons (Fsp3) is 0.118. The van der Waals surface area contributed by atoms with Crippen molar-refractivity contribution in [1.82, 2.24) is 0 Å². The van der Waals surface area contributed by atoms with Crippen molar-refractivity contribution in [3.8, 4) is 28.6 Å². The lowest BCUT2D eigenvalue weighted by atomic mass is 10.0. The highest BCUT2D eigenvalue weighted by Crippen LogP contribution is 2.40. The highest BCUT2D eigenvalue weighted by atomic mass is 16.5. The van der Waals surface area contributed by atoms with Gasteiger partial charge in [0.2, 0.25) is 0 Å². The quantitative estimate of drug-likeness (QED) is 0.766. The fourth-order valence-corrected chi connectivity index (χ4v) is 2.47. The van der Waals surface area contributed by atoms with Crippen molar-refractivity contribution in [3.63, 3.8) is 0 Å². The van der Waals surface area contributed by atoms with Gasteiger partial charge in [0.25, 0.3) is 0 Å².